The first-order valence-corrected chi connectivity index (χ1v) is 12.9. The highest BCUT2D eigenvalue weighted by atomic mass is 32.2. The van der Waals surface area contributed by atoms with Gasteiger partial charge in [0, 0.05) is 12.6 Å². The first kappa shape index (κ1) is 24.4. The highest BCUT2D eigenvalue weighted by Crippen LogP contribution is 2.30. The number of unbranched alkanes of at least 4 members (excludes halogenated alkanes) is 1. The summed E-state index contributed by atoms with van der Waals surface area (Å²) >= 11 is 2.52. The van der Waals surface area contributed by atoms with Crippen molar-refractivity contribution in [3.63, 3.8) is 0 Å². The molecule has 2 amide bonds. The maximum absolute atomic E-state index is 13.1. The summed E-state index contributed by atoms with van der Waals surface area (Å²) in [6, 6.07) is 9.87. The Kier molecular flexibility index (Phi) is 9.67. The molecule has 7 nitrogen and oxygen atoms in total. The lowest BCUT2D eigenvalue weighted by Crippen LogP contribution is -2.45. The molecule has 0 bridgehead atoms. The molecule has 0 radical (unpaired) electrons. The van der Waals surface area contributed by atoms with Gasteiger partial charge >= 0.3 is 12.0 Å². The zero-order valence-corrected chi connectivity index (χ0v) is 20.0. The minimum Gasteiger partial charge on any atom is -0.494 e. The Morgan fingerprint density at radius 3 is 2.69 bits per heavy atom. The number of rotatable bonds is 11. The molecule has 1 saturated carbocycles. The molecule has 0 aliphatic heterocycles. The van der Waals surface area contributed by atoms with E-state index in [1.54, 1.807) is 6.20 Å². The lowest BCUT2D eigenvalue weighted by atomic mass is 9.86. The topological polar surface area (TPSA) is 91.8 Å². The summed E-state index contributed by atoms with van der Waals surface area (Å²) in [6.07, 6.45) is 7.66. The molecule has 0 saturated heterocycles. The molecule has 2 aromatic rings. The lowest BCUT2D eigenvalue weighted by Gasteiger charge is -2.36. The van der Waals surface area contributed by atoms with Crippen LogP contribution in [0, 0.1) is 5.92 Å². The number of anilines is 1. The Labute approximate surface area is 197 Å². The first-order chi connectivity index (χ1) is 15.5. The number of thiazole rings is 1. The van der Waals surface area contributed by atoms with E-state index < -0.39 is 5.97 Å². The molecule has 174 valence electrons. The average Bonchev–Trinajstić information content (AvgIpc) is 3.23. The highest BCUT2D eigenvalue weighted by Gasteiger charge is 2.27. The van der Waals surface area contributed by atoms with Gasteiger partial charge in [-0.1, -0.05) is 36.5 Å². The van der Waals surface area contributed by atoms with Gasteiger partial charge in [0.15, 0.2) is 5.13 Å². The van der Waals surface area contributed by atoms with Crippen LogP contribution in [-0.2, 0) is 4.79 Å². The fraction of sp³-hybridized carbons (Fsp3) is 0.522. The maximum atomic E-state index is 13.1. The molecule has 0 atom stereocenters. The molecule has 1 aliphatic carbocycles. The molecular formula is C23H31N3O4S2. The standard InChI is InChI=1S/C23H31N3O4S2/c1-17-9-11-18(12-10-17)26(13-5-6-14-30-19-7-3-2-4-8-19)23(29)25-22-24-15-21(32-22)31-16-20(27)28/h2-4,7-8,15,17-18H,5-6,9-14,16H2,1H3,(H,27,28)(H,24,25,29). The minimum absolute atomic E-state index is 0.0208. The fourth-order valence-corrected chi connectivity index (χ4v) is 5.36. The number of benzene rings is 1. The average molecular weight is 478 g/mol. The number of para-hydroxylation sites is 1. The van der Waals surface area contributed by atoms with Crippen LogP contribution < -0.4 is 10.1 Å². The molecule has 32 heavy (non-hydrogen) atoms. The Bertz CT molecular complexity index is 854. The van der Waals surface area contributed by atoms with Crippen molar-refractivity contribution in [3.8, 4) is 5.75 Å². The van der Waals surface area contributed by atoms with Crippen LogP contribution in [0.1, 0.15) is 45.4 Å². The third kappa shape index (κ3) is 8.02. The number of carbonyl (C=O) groups excluding carboxylic acids is 1. The van der Waals surface area contributed by atoms with Gasteiger partial charge in [-0.05, 0) is 56.6 Å². The SMILES string of the molecule is CC1CCC(N(CCCCOc2ccccc2)C(=O)Nc2ncc(SCC(=O)O)s2)CC1. The first-order valence-electron chi connectivity index (χ1n) is 11.1. The largest absolute Gasteiger partial charge is 0.494 e. The summed E-state index contributed by atoms with van der Waals surface area (Å²) in [5, 5.41) is 12.3. The number of hydrogen-bond acceptors (Lipinski definition) is 6. The van der Waals surface area contributed by atoms with Crippen LogP contribution in [0.3, 0.4) is 0 Å². The molecule has 1 aliphatic rings. The third-order valence-electron chi connectivity index (χ3n) is 5.53. The molecule has 0 unspecified atom stereocenters. The highest BCUT2D eigenvalue weighted by molar-refractivity contribution is 8.01. The van der Waals surface area contributed by atoms with Gasteiger partial charge in [0.05, 0.1) is 22.8 Å². The van der Waals surface area contributed by atoms with Crippen molar-refractivity contribution in [2.45, 2.75) is 55.7 Å². The van der Waals surface area contributed by atoms with E-state index >= 15 is 0 Å². The number of urea groups is 1. The molecule has 1 aromatic carbocycles. The van der Waals surface area contributed by atoms with E-state index in [9.17, 15) is 9.59 Å². The van der Waals surface area contributed by atoms with Crippen molar-refractivity contribution in [3.05, 3.63) is 36.5 Å². The normalized spacial score (nSPS) is 18.2. The molecule has 1 heterocycles. The van der Waals surface area contributed by atoms with Gasteiger partial charge in [-0.25, -0.2) is 9.78 Å². The summed E-state index contributed by atoms with van der Waals surface area (Å²) < 4.78 is 6.55. The van der Waals surface area contributed by atoms with Gasteiger partial charge < -0.3 is 14.7 Å². The fourth-order valence-electron chi connectivity index (χ4n) is 3.78. The number of aromatic nitrogens is 1. The summed E-state index contributed by atoms with van der Waals surface area (Å²) in [4.78, 5) is 30.1. The predicted octanol–water partition coefficient (Wildman–Crippen LogP) is 5.59. The van der Waals surface area contributed by atoms with Gasteiger partial charge in [-0.2, -0.15) is 0 Å². The second kappa shape index (κ2) is 12.7. The van der Waals surface area contributed by atoms with E-state index in [0.29, 0.717) is 24.2 Å². The van der Waals surface area contributed by atoms with Gasteiger partial charge in [0.1, 0.15) is 5.75 Å². The van der Waals surface area contributed by atoms with Crippen LogP contribution in [0.5, 0.6) is 5.75 Å². The maximum Gasteiger partial charge on any atom is 0.323 e. The van der Waals surface area contributed by atoms with Gasteiger partial charge in [0.25, 0.3) is 0 Å². The minimum atomic E-state index is -0.872. The number of carbonyl (C=O) groups is 2. The van der Waals surface area contributed by atoms with Crippen molar-refractivity contribution in [2.75, 3.05) is 24.2 Å². The summed E-state index contributed by atoms with van der Waals surface area (Å²) in [5.41, 5.74) is 0. The van der Waals surface area contributed by atoms with Gasteiger partial charge in [-0.15, -0.1) is 11.8 Å². The van der Waals surface area contributed by atoms with Gasteiger partial charge in [0.2, 0.25) is 0 Å². The Morgan fingerprint density at radius 1 is 1.22 bits per heavy atom. The van der Waals surface area contributed by atoms with Crippen LogP contribution in [0.2, 0.25) is 0 Å². The van der Waals surface area contributed by atoms with Crippen molar-refractivity contribution in [1.29, 1.82) is 0 Å². The predicted molar refractivity (Wildman–Crippen MR) is 129 cm³/mol. The number of aliphatic carboxylic acids is 1. The van der Waals surface area contributed by atoms with Crippen molar-refractivity contribution in [1.82, 2.24) is 9.88 Å². The molecule has 1 fully saturated rings. The van der Waals surface area contributed by atoms with Crippen LogP contribution >= 0.6 is 23.1 Å². The smallest absolute Gasteiger partial charge is 0.323 e. The van der Waals surface area contributed by atoms with E-state index in [2.05, 4.69) is 17.2 Å². The Hall–Kier alpha value is -2.26. The Balaban J connectivity index is 1.52. The lowest BCUT2D eigenvalue weighted by molar-refractivity contribution is -0.133. The van der Waals surface area contributed by atoms with Crippen LogP contribution in [0.15, 0.2) is 40.7 Å². The quantitative estimate of drug-likeness (QED) is 0.324. The van der Waals surface area contributed by atoms with Crippen LogP contribution in [-0.4, -0.2) is 51.9 Å². The Morgan fingerprint density at radius 2 is 1.97 bits per heavy atom. The number of nitrogens with one attached hydrogen (secondary N) is 1. The molecule has 2 N–H and O–H groups in total. The summed E-state index contributed by atoms with van der Waals surface area (Å²) in [7, 11) is 0. The molecule has 0 spiro atoms. The van der Waals surface area contributed by atoms with Crippen molar-refractivity contribution < 1.29 is 19.4 Å². The molecule has 1 aromatic heterocycles. The summed E-state index contributed by atoms with van der Waals surface area (Å²) in [6.45, 7) is 3.57. The molecule has 9 heteroatoms. The zero-order valence-electron chi connectivity index (χ0n) is 18.4. The summed E-state index contributed by atoms with van der Waals surface area (Å²) in [5.74, 6) is 0.683. The molecule has 3 rings (SSSR count). The van der Waals surface area contributed by atoms with E-state index in [0.717, 1.165) is 48.5 Å². The number of ether oxygens (including phenoxy) is 1. The van der Waals surface area contributed by atoms with E-state index in [4.69, 9.17) is 9.84 Å². The van der Waals surface area contributed by atoms with Crippen molar-refractivity contribution >= 4 is 40.2 Å². The van der Waals surface area contributed by atoms with E-state index in [-0.39, 0.29) is 17.8 Å². The number of nitrogens with zero attached hydrogens (tertiary/aromatic N) is 2. The number of amides is 2. The second-order valence-electron chi connectivity index (χ2n) is 8.07. The second-order valence-corrected chi connectivity index (χ2v) is 10.4. The zero-order chi connectivity index (χ0) is 22.8. The van der Waals surface area contributed by atoms with Crippen LogP contribution in [0.4, 0.5) is 9.93 Å². The molecular weight excluding hydrogens is 446 g/mol. The monoisotopic (exact) mass is 477 g/mol. The van der Waals surface area contributed by atoms with Gasteiger partial charge in [-0.3, -0.25) is 10.1 Å². The van der Waals surface area contributed by atoms with E-state index in [1.807, 2.05) is 35.2 Å². The number of hydrogen-bond donors (Lipinski definition) is 2. The van der Waals surface area contributed by atoms with Crippen LogP contribution in [0.25, 0.3) is 0 Å². The van der Waals surface area contributed by atoms with Crippen molar-refractivity contribution in [2.24, 2.45) is 5.92 Å². The number of thioether (sulfide) groups is 1. The third-order valence-corrected chi connectivity index (χ3v) is 7.62. The number of carboxylic acids is 1. The number of carboxylic acid groups (broad SMARTS) is 1. The van der Waals surface area contributed by atoms with E-state index in [1.165, 1.54) is 23.1 Å².